The molecule has 0 spiro atoms. The number of hydrogen-bond donors (Lipinski definition) is 2. The number of nitrogens with one attached hydrogen (secondary N) is 2. The first-order valence-corrected chi connectivity index (χ1v) is 11.3. The third kappa shape index (κ3) is 4.24. The number of aryl methyl sites for hydroxylation is 1. The van der Waals surface area contributed by atoms with E-state index >= 15 is 0 Å². The molecule has 0 atom stereocenters. The van der Waals surface area contributed by atoms with Crippen LogP contribution in [0.2, 0.25) is 0 Å². The minimum absolute atomic E-state index is 0.161. The molecule has 0 aliphatic heterocycles. The van der Waals surface area contributed by atoms with E-state index < -0.39 is 23.6 Å². The van der Waals surface area contributed by atoms with Crippen LogP contribution in [0.3, 0.4) is 0 Å². The average molecular weight is 504 g/mol. The highest BCUT2D eigenvalue weighted by molar-refractivity contribution is 7.18. The lowest BCUT2D eigenvalue weighted by atomic mass is 9.96. The summed E-state index contributed by atoms with van der Waals surface area (Å²) in [4.78, 5) is 27.3. The summed E-state index contributed by atoms with van der Waals surface area (Å²) in [5.74, 6) is -0.818. The van der Waals surface area contributed by atoms with E-state index in [1.54, 1.807) is 6.20 Å². The molecule has 0 radical (unpaired) electrons. The number of alkyl halides is 3. The van der Waals surface area contributed by atoms with Crippen molar-refractivity contribution in [2.45, 2.75) is 38.3 Å². The van der Waals surface area contributed by atoms with Crippen LogP contribution in [0.5, 0.6) is 5.88 Å². The number of amides is 2. The Morgan fingerprint density at radius 1 is 1.17 bits per heavy atom. The molecule has 182 valence electrons. The Balaban J connectivity index is 1.50. The molecule has 1 aliphatic carbocycles. The fraction of sp³-hybridized carbons (Fsp3) is 0.333. The molecule has 0 unspecified atom stereocenters. The van der Waals surface area contributed by atoms with E-state index in [2.05, 4.69) is 42.7 Å². The van der Waals surface area contributed by atoms with Crippen LogP contribution in [0, 0.1) is 6.92 Å². The third-order valence-electron chi connectivity index (χ3n) is 5.71. The lowest BCUT2D eigenvalue weighted by Crippen LogP contribution is -2.23. The molecule has 1 saturated carbocycles. The maximum atomic E-state index is 13.8. The summed E-state index contributed by atoms with van der Waals surface area (Å²) in [6, 6.07) is -0.0415. The number of hydrogen-bond acceptors (Lipinski definition) is 8. The molecule has 4 heterocycles. The van der Waals surface area contributed by atoms with Crippen molar-refractivity contribution >= 4 is 39.1 Å². The van der Waals surface area contributed by atoms with Crippen LogP contribution >= 0.6 is 11.3 Å². The molecule has 1 fully saturated rings. The molecule has 14 heteroatoms. The number of fused-ring (bicyclic) bond motifs is 1. The molecule has 0 bridgehead atoms. The normalized spacial score (nSPS) is 14.7. The maximum absolute atomic E-state index is 13.8. The highest BCUT2D eigenvalue weighted by Crippen LogP contribution is 2.52. The summed E-state index contributed by atoms with van der Waals surface area (Å²) in [5, 5.41) is 13.4. The number of urea groups is 1. The van der Waals surface area contributed by atoms with Gasteiger partial charge in [-0.1, -0.05) is 18.3 Å². The van der Waals surface area contributed by atoms with Crippen molar-refractivity contribution < 1.29 is 22.7 Å². The molecular weight excluding hydrogens is 485 g/mol. The number of rotatable bonds is 5. The summed E-state index contributed by atoms with van der Waals surface area (Å²) in [6.45, 7) is 3.95. The van der Waals surface area contributed by atoms with E-state index in [4.69, 9.17) is 4.74 Å². The van der Waals surface area contributed by atoms with Gasteiger partial charge in [-0.3, -0.25) is 0 Å². The van der Waals surface area contributed by atoms with Gasteiger partial charge in [0.05, 0.1) is 36.4 Å². The molecule has 2 amide bonds. The third-order valence-corrected chi connectivity index (χ3v) is 6.59. The highest BCUT2D eigenvalue weighted by atomic mass is 32.1. The molecule has 10 nitrogen and oxygen atoms in total. The van der Waals surface area contributed by atoms with Gasteiger partial charge in [-0.2, -0.15) is 28.4 Å². The van der Waals surface area contributed by atoms with Crippen LogP contribution in [0.4, 0.5) is 29.3 Å². The van der Waals surface area contributed by atoms with E-state index in [1.165, 1.54) is 30.8 Å². The first-order valence-electron chi connectivity index (χ1n) is 10.5. The van der Waals surface area contributed by atoms with Gasteiger partial charge in [-0.25, -0.2) is 14.8 Å². The first-order chi connectivity index (χ1) is 16.6. The van der Waals surface area contributed by atoms with Crippen LogP contribution in [0.15, 0.2) is 24.7 Å². The highest BCUT2D eigenvalue weighted by Gasteiger charge is 2.43. The van der Waals surface area contributed by atoms with Gasteiger partial charge in [0.1, 0.15) is 21.6 Å². The zero-order chi connectivity index (χ0) is 25.0. The summed E-state index contributed by atoms with van der Waals surface area (Å²) >= 11 is 1.46. The summed E-state index contributed by atoms with van der Waals surface area (Å²) < 4.78 is 46.5. The number of thiazole rings is 1. The fourth-order valence-electron chi connectivity index (χ4n) is 3.82. The summed E-state index contributed by atoms with van der Waals surface area (Å²) in [5.41, 5.74) is 0.456. The summed E-state index contributed by atoms with van der Waals surface area (Å²) in [6.07, 6.45) is 1.05. The zero-order valence-electron chi connectivity index (χ0n) is 18.8. The standard InChI is InChI=1S/C21H19F3N8O2S/c1-10-28-15-14(20(2)4-5-20)13(9-25-18(15)35-10)30-19(33)29-12-8-11(21(22,23)24)16(31-17(12)34-3)32-26-6-7-27-32/h6-9H,4-5H2,1-3H3,(H2,29,30,33). The Hall–Kier alpha value is -3.81. The van der Waals surface area contributed by atoms with E-state index in [1.807, 2.05) is 6.92 Å². The predicted octanol–water partition coefficient (Wildman–Crippen LogP) is 4.70. The number of aromatic nitrogens is 6. The number of carbonyl (C=O) groups excluding carboxylic acids is 1. The van der Waals surface area contributed by atoms with Gasteiger partial charge in [0.15, 0.2) is 5.82 Å². The molecule has 5 rings (SSSR count). The van der Waals surface area contributed by atoms with Crippen molar-refractivity contribution in [1.29, 1.82) is 0 Å². The number of halogens is 3. The van der Waals surface area contributed by atoms with Gasteiger partial charge >= 0.3 is 12.2 Å². The van der Waals surface area contributed by atoms with E-state index in [0.717, 1.165) is 44.6 Å². The summed E-state index contributed by atoms with van der Waals surface area (Å²) in [7, 11) is 1.23. The lowest BCUT2D eigenvalue weighted by molar-refractivity contribution is -0.137. The fourth-order valence-corrected chi connectivity index (χ4v) is 4.59. The lowest BCUT2D eigenvalue weighted by Gasteiger charge is -2.18. The quantitative estimate of drug-likeness (QED) is 0.404. The van der Waals surface area contributed by atoms with Gasteiger partial charge in [-0.05, 0) is 31.2 Å². The van der Waals surface area contributed by atoms with Crippen LogP contribution in [0.1, 0.15) is 35.9 Å². The van der Waals surface area contributed by atoms with Crippen molar-refractivity contribution in [3.63, 3.8) is 0 Å². The van der Waals surface area contributed by atoms with Crippen molar-refractivity contribution in [2.75, 3.05) is 17.7 Å². The second-order valence-electron chi connectivity index (χ2n) is 8.31. The molecule has 0 saturated heterocycles. The number of anilines is 2. The number of ether oxygens (including phenoxy) is 1. The van der Waals surface area contributed by atoms with Gasteiger partial charge in [0.25, 0.3) is 0 Å². The number of pyridine rings is 2. The van der Waals surface area contributed by atoms with Crippen molar-refractivity contribution in [1.82, 2.24) is 29.9 Å². The maximum Gasteiger partial charge on any atom is 0.420 e. The molecule has 1 aliphatic rings. The molecule has 35 heavy (non-hydrogen) atoms. The largest absolute Gasteiger partial charge is 0.479 e. The van der Waals surface area contributed by atoms with Crippen LogP contribution in [-0.2, 0) is 11.6 Å². The van der Waals surface area contributed by atoms with Crippen LogP contribution < -0.4 is 15.4 Å². The second-order valence-corrected chi connectivity index (χ2v) is 9.49. The smallest absolute Gasteiger partial charge is 0.420 e. The Morgan fingerprint density at radius 3 is 2.49 bits per heavy atom. The van der Waals surface area contributed by atoms with Gasteiger partial charge in [-0.15, -0.1) is 4.80 Å². The van der Waals surface area contributed by atoms with E-state index in [0.29, 0.717) is 5.69 Å². The van der Waals surface area contributed by atoms with Crippen molar-refractivity contribution in [2.24, 2.45) is 0 Å². The average Bonchev–Trinajstić information content (AvgIpc) is 3.17. The van der Waals surface area contributed by atoms with Crippen molar-refractivity contribution in [3.05, 3.63) is 40.8 Å². The SMILES string of the molecule is COc1nc(-n2nccn2)c(C(F)(F)F)cc1NC(=O)Nc1cnc2sc(C)nc2c1C1(C)CC1. The molecule has 4 aromatic heterocycles. The Kier molecular flexibility index (Phi) is 5.34. The Labute approximate surface area is 200 Å². The zero-order valence-corrected chi connectivity index (χ0v) is 19.6. The molecule has 2 N–H and O–H groups in total. The molecular formula is C21H19F3N8O2S. The van der Waals surface area contributed by atoms with E-state index in [9.17, 15) is 18.0 Å². The topological polar surface area (TPSA) is 120 Å². The minimum Gasteiger partial charge on any atom is -0.479 e. The van der Waals surface area contributed by atoms with Gasteiger partial charge < -0.3 is 15.4 Å². The molecule has 4 aromatic rings. The Morgan fingerprint density at radius 2 is 1.86 bits per heavy atom. The Bertz CT molecular complexity index is 1430. The number of nitrogens with zero attached hydrogens (tertiary/aromatic N) is 6. The van der Waals surface area contributed by atoms with Gasteiger partial charge in [0, 0.05) is 5.56 Å². The van der Waals surface area contributed by atoms with Crippen LogP contribution in [-0.4, -0.2) is 43.1 Å². The molecule has 0 aromatic carbocycles. The number of methoxy groups -OCH3 is 1. The minimum atomic E-state index is -4.79. The van der Waals surface area contributed by atoms with E-state index in [-0.39, 0.29) is 17.0 Å². The van der Waals surface area contributed by atoms with Crippen molar-refractivity contribution in [3.8, 4) is 11.7 Å². The van der Waals surface area contributed by atoms with Crippen LogP contribution in [0.25, 0.3) is 16.2 Å². The van der Waals surface area contributed by atoms with Gasteiger partial charge in [0.2, 0.25) is 5.88 Å². The monoisotopic (exact) mass is 504 g/mol. The first kappa shape index (κ1) is 23.0. The number of carbonyl (C=O) groups is 1. The predicted molar refractivity (Wildman–Crippen MR) is 122 cm³/mol. The second kappa shape index (κ2) is 8.15.